The number of hydrogen-bond acceptors (Lipinski definition) is 4. The number of ether oxygens (including phenoxy) is 2. The molecule has 0 spiro atoms. The van der Waals surface area contributed by atoms with Gasteiger partial charge in [0.15, 0.2) is 6.29 Å². The lowest BCUT2D eigenvalue weighted by molar-refractivity contribution is -0.107. The van der Waals surface area contributed by atoms with Crippen LogP contribution in [0.4, 0.5) is 0 Å². The van der Waals surface area contributed by atoms with Gasteiger partial charge in [-0.05, 0) is 43.4 Å². The van der Waals surface area contributed by atoms with Crippen LogP contribution in [0.1, 0.15) is 45.5 Å². The van der Waals surface area contributed by atoms with E-state index in [-0.39, 0.29) is 17.4 Å². The predicted molar refractivity (Wildman–Crippen MR) is 75.7 cm³/mol. The third kappa shape index (κ3) is 4.84. The molecular formula is C15H20O6. The van der Waals surface area contributed by atoms with Gasteiger partial charge in [0, 0.05) is 14.2 Å². The minimum Gasteiger partial charge on any atom is -0.478 e. The third-order valence-electron chi connectivity index (χ3n) is 3.28. The van der Waals surface area contributed by atoms with E-state index in [9.17, 15) is 9.59 Å². The first-order chi connectivity index (χ1) is 10.0. The first-order valence-electron chi connectivity index (χ1n) is 6.65. The molecule has 0 saturated heterocycles. The molecule has 0 amide bonds. The second kappa shape index (κ2) is 8.39. The van der Waals surface area contributed by atoms with E-state index in [4.69, 9.17) is 19.7 Å². The van der Waals surface area contributed by atoms with Crippen molar-refractivity contribution in [2.45, 2.75) is 32.0 Å². The van der Waals surface area contributed by atoms with Crippen molar-refractivity contribution in [2.24, 2.45) is 0 Å². The van der Waals surface area contributed by atoms with Crippen LogP contribution < -0.4 is 0 Å². The lowest BCUT2D eigenvalue weighted by atomic mass is 9.95. The number of benzene rings is 1. The molecule has 1 rings (SSSR count). The van der Waals surface area contributed by atoms with E-state index in [0.717, 1.165) is 6.42 Å². The zero-order chi connectivity index (χ0) is 15.8. The summed E-state index contributed by atoms with van der Waals surface area (Å²) in [4.78, 5) is 22.4. The molecule has 0 atom stereocenters. The normalized spacial score (nSPS) is 10.8. The molecule has 0 aliphatic carbocycles. The highest BCUT2D eigenvalue weighted by molar-refractivity contribution is 5.96. The number of carbonyl (C=O) groups is 2. The summed E-state index contributed by atoms with van der Waals surface area (Å²) < 4.78 is 10.1. The third-order valence-corrected chi connectivity index (χ3v) is 3.28. The van der Waals surface area contributed by atoms with Crippen molar-refractivity contribution < 1.29 is 29.3 Å². The van der Waals surface area contributed by atoms with Crippen molar-refractivity contribution in [3.05, 3.63) is 34.9 Å². The first-order valence-corrected chi connectivity index (χ1v) is 6.65. The average Bonchev–Trinajstić information content (AvgIpc) is 2.46. The van der Waals surface area contributed by atoms with Crippen LogP contribution in [0, 0.1) is 0 Å². The van der Waals surface area contributed by atoms with E-state index in [2.05, 4.69) is 0 Å². The van der Waals surface area contributed by atoms with Crippen molar-refractivity contribution >= 4 is 11.9 Å². The summed E-state index contributed by atoms with van der Waals surface area (Å²) in [5, 5.41) is 18.3. The quantitative estimate of drug-likeness (QED) is 0.537. The Balaban J connectivity index is 2.77. The molecule has 0 saturated carbocycles. The molecule has 0 aliphatic rings. The lowest BCUT2D eigenvalue weighted by Gasteiger charge is -2.13. The Bertz CT molecular complexity index is 461. The molecule has 0 aromatic heterocycles. The van der Waals surface area contributed by atoms with Gasteiger partial charge in [-0.3, -0.25) is 0 Å². The van der Waals surface area contributed by atoms with Crippen LogP contribution in [-0.4, -0.2) is 42.7 Å². The standard InChI is InChI=1S/C15H20O6/c1-20-13(21-2)9-4-3-6-10-11(14(16)17)7-5-8-12(10)15(18)19/h5,7-8,13H,3-4,6,9H2,1-2H3,(H,16,17)(H,18,19). The molecule has 0 radical (unpaired) electrons. The number of aromatic carboxylic acids is 2. The van der Waals surface area contributed by atoms with Crippen molar-refractivity contribution in [3.8, 4) is 0 Å². The zero-order valence-electron chi connectivity index (χ0n) is 12.2. The summed E-state index contributed by atoms with van der Waals surface area (Å²) in [5.41, 5.74) is 0.457. The van der Waals surface area contributed by atoms with E-state index in [1.54, 1.807) is 14.2 Å². The van der Waals surface area contributed by atoms with Crippen LogP contribution in [0.5, 0.6) is 0 Å². The molecule has 6 heteroatoms. The molecule has 0 unspecified atom stereocenters. The fourth-order valence-electron chi connectivity index (χ4n) is 2.20. The minimum absolute atomic E-state index is 0.0462. The van der Waals surface area contributed by atoms with Gasteiger partial charge in [-0.2, -0.15) is 0 Å². The number of carboxylic acids is 2. The number of methoxy groups -OCH3 is 2. The summed E-state index contributed by atoms with van der Waals surface area (Å²) in [5.74, 6) is -2.22. The zero-order valence-corrected chi connectivity index (χ0v) is 12.2. The van der Waals surface area contributed by atoms with Gasteiger partial charge in [0.25, 0.3) is 0 Å². The Hall–Kier alpha value is -1.92. The van der Waals surface area contributed by atoms with Gasteiger partial charge >= 0.3 is 11.9 Å². The average molecular weight is 296 g/mol. The summed E-state index contributed by atoms with van der Waals surface area (Å²) in [6, 6.07) is 4.30. The molecular weight excluding hydrogens is 276 g/mol. The van der Waals surface area contributed by atoms with Crippen LogP contribution in [0.3, 0.4) is 0 Å². The Kier molecular flexibility index (Phi) is 6.84. The Morgan fingerprint density at radius 3 is 2.00 bits per heavy atom. The SMILES string of the molecule is COC(CCCCc1c(C(=O)O)cccc1C(=O)O)OC. The van der Waals surface area contributed by atoms with E-state index in [1.165, 1.54) is 18.2 Å². The summed E-state index contributed by atoms with van der Waals surface area (Å²) >= 11 is 0. The van der Waals surface area contributed by atoms with Crippen LogP contribution in [0.2, 0.25) is 0 Å². The molecule has 6 nitrogen and oxygen atoms in total. The maximum atomic E-state index is 11.2. The molecule has 2 N–H and O–H groups in total. The van der Waals surface area contributed by atoms with Gasteiger partial charge in [0.05, 0.1) is 11.1 Å². The molecule has 1 aromatic carbocycles. The predicted octanol–water partition coefficient (Wildman–Crippen LogP) is 2.41. The van der Waals surface area contributed by atoms with Crippen molar-refractivity contribution in [1.82, 2.24) is 0 Å². The van der Waals surface area contributed by atoms with E-state index in [0.29, 0.717) is 24.8 Å². The second-order valence-electron chi connectivity index (χ2n) is 4.59. The van der Waals surface area contributed by atoms with Gasteiger partial charge in [-0.1, -0.05) is 6.07 Å². The van der Waals surface area contributed by atoms with Gasteiger partial charge in [-0.15, -0.1) is 0 Å². The largest absolute Gasteiger partial charge is 0.478 e. The van der Waals surface area contributed by atoms with Crippen LogP contribution in [0.15, 0.2) is 18.2 Å². The van der Waals surface area contributed by atoms with Crippen molar-refractivity contribution in [2.75, 3.05) is 14.2 Å². The minimum atomic E-state index is -1.11. The number of hydrogen-bond donors (Lipinski definition) is 2. The molecule has 1 aromatic rings. The smallest absolute Gasteiger partial charge is 0.335 e. The second-order valence-corrected chi connectivity index (χ2v) is 4.59. The van der Waals surface area contributed by atoms with E-state index < -0.39 is 11.9 Å². The highest BCUT2D eigenvalue weighted by Gasteiger charge is 2.17. The van der Waals surface area contributed by atoms with Crippen LogP contribution >= 0.6 is 0 Å². The van der Waals surface area contributed by atoms with Gasteiger partial charge in [-0.25, -0.2) is 9.59 Å². The summed E-state index contributed by atoms with van der Waals surface area (Å²) in [6.45, 7) is 0. The Labute approximate surface area is 123 Å². The number of rotatable bonds is 9. The van der Waals surface area contributed by atoms with Crippen molar-refractivity contribution in [3.63, 3.8) is 0 Å². The molecule has 0 heterocycles. The molecule has 0 aliphatic heterocycles. The Morgan fingerprint density at radius 2 is 1.57 bits per heavy atom. The van der Waals surface area contributed by atoms with Gasteiger partial charge in [0.1, 0.15) is 0 Å². The molecule has 0 bridgehead atoms. The maximum Gasteiger partial charge on any atom is 0.335 e. The van der Waals surface area contributed by atoms with Crippen molar-refractivity contribution in [1.29, 1.82) is 0 Å². The topological polar surface area (TPSA) is 93.1 Å². The highest BCUT2D eigenvalue weighted by atomic mass is 16.7. The van der Waals surface area contributed by atoms with Crippen LogP contribution in [-0.2, 0) is 15.9 Å². The summed E-state index contributed by atoms with van der Waals surface area (Å²) in [6.07, 6.45) is 2.18. The van der Waals surface area contributed by atoms with E-state index in [1.807, 2.05) is 0 Å². The maximum absolute atomic E-state index is 11.2. The fourth-order valence-corrected chi connectivity index (χ4v) is 2.20. The van der Waals surface area contributed by atoms with Gasteiger partial charge < -0.3 is 19.7 Å². The Morgan fingerprint density at radius 1 is 1.05 bits per heavy atom. The monoisotopic (exact) mass is 296 g/mol. The fraction of sp³-hybridized carbons (Fsp3) is 0.467. The highest BCUT2D eigenvalue weighted by Crippen LogP contribution is 2.19. The van der Waals surface area contributed by atoms with Gasteiger partial charge in [0.2, 0.25) is 0 Å². The molecule has 116 valence electrons. The number of unbranched alkanes of at least 4 members (excludes halogenated alkanes) is 1. The number of carboxylic acid groups (broad SMARTS) is 2. The molecule has 0 fully saturated rings. The molecule has 21 heavy (non-hydrogen) atoms. The summed E-state index contributed by atoms with van der Waals surface area (Å²) in [7, 11) is 3.10. The van der Waals surface area contributed by atoms with Crippen LogP contribution in [0.25, 0.3) is 0 Å². The first kappa shape index (κ1) is 17.1. The van der Waals surface area contributed by atoms with E-state index >= 15 is 0 Å². The lowest BCUT2D eigenvalue weighted by Crippen LogP contribution is -2.13.